The largest absolute Gasteiger partial charge is 0.478 e. The average Bonchev–Trinajstić information content (AvgIpc) is 2.15. The topological polar surface area (TPSA) is 37.3 Å². The molecule has 0 saturated heterocycles. The zero-order valence-corrected chi connectivity index (χ0v) is 8.54. The average molecular weight is 194 g/mol. The van der Waals surface area contributed by atoms with Crippen LogP contribution in [0.25, 0.3) is 0 Å². The lowest BCUT2D eigenvalue weighted by Gasteiger charge is -1.98. The van der Waals surface area contributed by atoms with Gasteiger partial charge in [-0.2, -0.15) is 0 Å². The minimum Gasteiger partial charge on any atom is -0.478 e. The van der Waals surface area contributed by atoms with Crippen LogP contribution in [0.4, 0.5) is 0 Å². The van der Waals surface area contributed by atoms with Gasteiger partial charge in [-0.3, -0.25) is 0 Å². The van der Waals surface area contributed by atoms with Crippen LogP contribution in [-0.4, -0.2) is 11.1 Å². The number of carboxylic acid groups (broad SMARTS) is 1. The molecule has 0 atom stereocenters. The minimum absolute atomic E-state index is 0.840. The zero-order valence-electron chi connectivity index (χ0n) is 8.54. The van der Waals surface area contributed by atoms with Gasteiger partial charge in [-0.15, -0.1) is 0 Å². The fourth-order valence-corrected chi connectivity index (χ4v) is 1.08. The number of aliphatic carboxylic acids is 1. The first kappa shape index (κ1) is 12.7. The summed E-state index contributed by atoms with van der Waals surface area (Å²) in [6.07, 6.45) is 9.76. The second-order valence-corrected chi connectivity index (χ2v) is 3.20. The molecule has 0 saturated carbocycles. The molecule has 1 N–H and O–H groups in total. The van der Waals surface area contributed by atoms with Crippen LogP contribution in [0.15, 0.2) is 37.0 Å². The molecule has 2 heteroatoms. The van der Waals surface area contributed by atoms with E-state index in [0.29, 0.717) is 0 Å². The SMILES string of the molecule is C=CC(=C)CCCCC/C=C/C(=O)O. The highest BCUT2D eigenvalue weighted by atomic mass is 16.4. The Bertz CT molecular complexity index is 226. The van der Waals surface area contributed by atoms with Crippen molar-refractivity contribution >= 4 is 5.97 Å². The normalized spacial score (nSPS) is 10.3. The number of unbranched alkanes of at least 4 members (excludes halogenated alkanes) is 3. The van der Waals surface area contributed by atoms with Crippen molar-refractivity contribution in [3.05, 3.63) is 37.0 Å². The lowest BCUT2D eigenvalue weighted by atomic mass is 10.1. The molecular weight excluding hydrogens is 176 g/mol. The van der Waals surface area contributed by atoms with E-state index in [0.717, 1.165) is 37.7 Å². The van der Waals surface area contributed by atoms with Gasteiger partial charge in [0.25, 0.3) is 0 Å². The number of allylic oxidation sites excluding steroid dienone is 3. The van der Waals surface area contributed by atoms with E-state index in [4.69, 9.17) is 5.11 Å². The Morgan fingerprint density at radius 2 is 2.00 bits per heavy atom. The van der Waals surface area contributed by atoms with Gasteiger partial charge in [-0.05, 0) is 25.7 Å². The molecule has 0 fully saturated rings. The minimum atomic E-state index is -0.870. The molecule has 0 aliphatic carbocycles. The van der Waals surface area contributed by atoms with Crippen molar-refractivity contribution in [1.29, 1.82) is 0 Å². The highest BCUT2D eigenvalue weighted by Gasteiger charge is 1.90. The summed E-state index contributed by atoms with van der Waals surface area (Å²) < 4.78 is 0. The quantitative estimate of drug-likeness (QED) is 0.365. The Morgan fingerprint density at radius 1 is 1.29 bits per heavy atom. The molecule has 0 amide bonds. The summed E-state index contributed by atoms with van der Waals surface area (Å²) in [5.74, 6) is -0.870. The second kappa shape index (κ2) is 8.30. The molecule has 0 bridgehead atoms. The molecule has 0 aliphatic heterocycles. The number of carbonyl (C=O) groups is 1. The highest BCUT2D eigenvalue weighted by Crippen LogP contribution is 2.09. The Labute approximate surface area is 85.6 Å². The van der Waals surface area contributed by atoms with Crippen LogP contribution in [0.5, 0.6) is 0 Å². The molecular formula is C12H18O2. The summed E-state index contributed by atoms with van der Waals surface area (Å²) in [5.41, 5.74) is 1.08. The number of carboxylic acids is 1. The van der Waals surface area contributed by atoms with E-state index in [2.05, 4.69) is 13.2 Å². The maximum absolute atomic E-state index is 10.1. The maximum atomic E-state index is 10.1. The number of hydrogen-bond acceptors (Lipinski definition) is 1. The second-order valence-electron chi connectivity index (χ2n) is 3.20. The van der Waals surface area contributed by atoms with Crippen LogP contribution in [0.1, 0.15) is 32.1 Å². The Morgan fingerprint density at radius 3 is 2.57 bits per heavy atom. The van der Waals surface area contributed by atoms with Gasteiger partial charge in [0, 0.05) is 6.08 Å². The lowest BCUT2D eigenvalue weighted by Crippen LogP contribution is -1.85. The van der Waals surface area contributed by atoms with Gasteiger partial charge in [0.1, 0.15) is 0 Å². The van der Waals surface area contributed by atoms with Crippen LogP contribution in [-0.2, 0) is 4.79 Å². The van der Waals surface area contributed by atoms with E-state index < -0.39 is 5.97 Å². The van der Waals surface area contributed by atoms with Crippen LogP contribution < -0.4 is 0 Å². The van der Waals surface area contributed by atoms with Crippen molar-refractivity contribution in [2.24, 2.45) is 0 Å². The molecule has 78 valence electrons. The van der Waals surface area contributed by atoms with Gasteiger partial charge in [0.05, 0.1) is 0 Å². The van der Waals surface area contributed by atoms with Gasteiger partial charge in [-0.25, -0.2) is 4.79 Å². The van der Waals surface area contributed by atoms with Crippen molar-refractivity contribution in [3.8, 4) is 0 Å². The van der Waals surface area contributed by atoms with Crippen molar-refractivity contribution in [3.63, 3.8) is 0 Å². The van der Waals surface area contributed by atoms with E-state index >= 15 is 0 Å². The van der Waals surface area contributed by atoms with E-state index in [9.17, 15) is 4.79 Å². The fraction of sp³-hybridized carbons (Fsp3) is 0.417. The van der Waals surface area contributed by atoms with Crippen LogP contribution >= 0.6 is 0 Å². The highest BCUT2D eigenvalue weighted by molar-refractivity contribution is 5.79. The molecule has 2 nitrogen and oxygen atoms in total. The van der Waals surface area contributed by atoms with Crippen LogP contribution in [0.3, 0.4) is 0 Å². The first-order chi connectivity index (χ1) is 6.66. The van der Waals surface area contributed by atoms with E-state index in [1.807, 2.05) is 0 Å². The Kier molecular flexibility index (Phi) is 7.52. The third-order valence-corrected chi connectivity index (χ3v) is 1.92. The lowest BCUT2D eigenvalue weighted by molar-refractivity contribution is -0.131. The van der Waals surface area contributed by atoms with Crippen LogP contribution in [0.2, 0.25) is 0 Å². The van der Waals surface area contributed by atoms with Gasteiger partial charge in [-0.1, -0.05) is 37.3 Å². The molecule has 0 unspecified atom stereocenters. The Hall–Kier alpha value is -1.31. The van der Waals surface area contributed by atoms with E-state index in [-0.39, 0.29) is 0 Å². The molecule has 0 rings (SSSR count). The summed E-state index contributed by atoms with van der Waals surface area (Å²) >= 11 is 0. The Balaban J connectivity index is 3.26. The summed E-state index contributed by atoms with van der Waals surface area (Å²) in [6, 6.07) is 0. The van der Waals surface area contributed by atoms with Crippen LogP contribution in [0, 0.1) is 0 Å². The third-order valence-electron chi connectivity index (χ3n) is 1.92. The molecule has 0 aromatic heterocycles. The van der Waals surface area contributed by atoms with Crippen molar-refractivity contribution in [2.75, 3.05) is 0 Å². The molecule has 14 heavy (non-hydrogen) atoms. The summed E-state index contributed by atoms with van der Waals surface area (Å²) in [7, 11) is 0. The molecule has 0 aromatic rings. The monoisotopic (exact) mass is 194 g/mol. The van der Waals surface area contributed by atoms with Gasteiger partial charge >= 0.3 is 5.97 Å². The smallest absolute Gasteiger partial charge is 0.327 e. The van der Waals surface area contributed by atoms with Gasteiger partial charge < -0.3 is 5.11 Å². The standard InChI is InChI=1S/C12H18O2/c1-3-11(2)9-7-5-4-6-8-10-12(13)14/h3,8,10H,1-2,4-7,9H2,(H,13,14)/b10-8+. The predicted molar refractivity (Wildman–Crippen MR) is 59.2 cm³/mol. The van der Waals surface area contributed by atoms with Crippen molar-refractivity contribution in [1.82, 2.24) is 0 Å². The third kappa shape index (κ3) is 8.78. The van der Waals surface area contributed by atoms with E-state index in [1.165, 1.54) is 6.08 Å². The van der Waals surface area contributed by atoms with Gasteiger partial charge in [0.15, 0.2) is 0 Å². The first-order valence-corrected chi connectivity index (χ1v) is 4.86. The van der Waals surface area contributed by atoms with E-state index in [1.54, 1.807) is 12.2 Å². The molecule has 0 heterocycles. The van der Waals surface area contributed by atoms with Crippen molar-refractivity contribution < 1.29 is 9.90 Å². The summed E-state index contributed by atoms with van der Waals surface area (Å²) in [6.45, 7) is 7.45. The zero-order chi connectivity index (χ0) is 10.8. The predicted octanol–water partition coefficient (Wildman–Crippen LogP) is 3.32. The molecule has 0 aliphatic rings. The molecule has 0 aromatic carbocycles. The van der Waals surface area contributed by atoms with Gasteiger partial charge in [0.2, 0.25) is 0 Å². The molecule has 0 spiro atoms. The first-order valence-electron chi connectivity index (χ1n) is 4.86. The fourth-order valence-electron chi connectivity index (χ4n) is 1.08. The molecule has 0 radical (unpaired) electrons. The number of hydrogen-bond donors (Lipinski definition) is 1. The maximum Gasteiger partial charge on any atom is 0.327 e. The van der Waals surface area contributed by atoms with Crippen molar-refractivity contribution in [2.45, 2.75) is 32.1 Å². The summed E-state index contributed by atoms with van der Waals surface area (Å²) in [5, 5.41) is 8.31. The number of rotatable bonds is 8. The summed E-state index contributed by atoms with van der Waals surface area (Å²) in [4.78, 5) is 10.1.